The van der Waals surface area contributed by atoms with Crippen molar-refractivity contribution < 1.29 is 18.0 Å². The second-order valence-electron chi connectivity index (χ2n) is 2.72. The fraction of sp³-hybridized carbons (Fsp3) is 0.333. The SMILES string of the molecule is CO/N=C/c1csc(SCCC(F)=C(F)F)n1. The third-order valence-corrected chi connectivity index (χ3v) is 3.58. The molecule has 94 valence electrons. The molecule has 0 aliphatic carbocycles. The number of aromatic nitrogens is 1. The maximum absolute atomic E-state index is 12.5. The average molecular weight is 282 g/mol. The maximum atomic E-state index is 12.5. The van der Waals surface area contributed by atoms with E-state index < -0.39 is 11.9 Å². The van der Waals surface area contributed by atoms with Gasteiger partial charge in [-0.25, -0.2) is 9.37 Å². The van der Waals surface area contributed by atoms with E-state index in [2.05, 4.69) is 15.0 Å². The number of hydrogen-bond donors (Lipinski definition) is 0. The molecule has 8 heteroatoms. The highest BCUT2D eigenvalue weighted by molar-refractivity contribution is 8.01. The van der Waals surface area contributed by atoms with Gasteiger partial charge in [0.2, 0.25) is 0 Å². The molecule has 1 rings (SSSR count). The zero-order chi connectivity index (χ0) is 12.7. The first kappa shape index (κ1) is 14.0. The fourth-order valence-electron chi connectivity index (χ4n) is 0.824. The number of thiazole rings is 1. The number of thioether (sulfide) groups is 1. The molecule has 3 nitrogen and oxygen atoms in total. The number of hydrogen-bond acceptors (Lipinski definition) is 5. The Kier molecular flexibility index (Phi) is 6.06. The molecule has 17 heavy (non-hydrogen) atoms. The quantitative estimate of drug-likeness (QED) is 0.453. The minimum Gasteiger partial charge on any atom is -0.399 e. The van der Waals surface area contributed by atoms with Crippen LogP contribution in [0.15, 0.2) is 26.8 Å². The van der Waals surface area contributed by atoms with Crippen molar-refractivity contribution in [3.05, 3.63) is 23.0 Å². The molecule has 0 aromatic carbocycles. The van der Waals surface area contributed by atoms with Crippen LogP contribution in [0.5, 0.6) is 0 Å². The molecule has 0 saturated carbocycles. The first-order chi connectivity index (χ1) is 8.13. The van der Waals surface area contributed by atoms with Gasteiger partial charge in [0, 0.05) is 17.6 Å². The van der Waals surface area contributed by atoms with Gasteiger partial charge < -0.3 is 4.84 Å². The molecule has 0 bridgehead atoms. The molecule has 0 N–H and O–H groups in total. The Balaban J connectivity index is 2.40. The van der Waals surface area contributed by atoms with Gasteiger partial charge in [-0.3, -0.25) is 0 Å². The van der Waals surface area contributed by atoms with Crippen LogP contribution in [0.1, 0.15) is 12.1 Å². The van der Waals surface area contributed by atoms with Gasteiger partial charge in [-0.1, -0.05) is 16.9 Å². The molecule has 0 radical (unpaired) electrons. The second-order valence-corrected chi connectivity index (χ2v) is 4.92. The van der Waals surface area contributed by atoms with Crippen molar-refractivity contribution in [1.82, 2.24) is 4.98 Å². The average Bonchev–Trinajstić information content (AvgIpc) is 2.74. The highest BCUT2D eigenvalue weighted by Gasteiger charge is 2.06. The van der Waals surface area contributed by atoms with Gasteiger partial charge in [0.15, 0.2) is 10.2 Å². The Labute approximate surface area is 104 Å². The first-order valence-corrected chi connectivity index (χ1v) is 6.34. The van der Waals surface area contributed by atoms with E-state index in [9.17, 15) is 13.2 Å². The summed E-state index contributed by atoms with van der Waals surface area (Å²) in [5.41, 5.74) is 0.618. The Hall–Kier alpha value is -1.02. The molecule has 0 saturated heterocycles. The molecule has 0 atom stereocenters. The van der Waals surface area contributed by atoms with Crippen LogP contribution in [0.25, 0.3) is 0 Å². The standard InChI is InChI=1S/C9H9F3N2OS2/c1-15-13-4-6-5-17-9(14-6)16-3-2-7(10)8(11)12/h4-5H,2-3H2,1H3/b13-4+. The molecule has 0 aliphatic heterocycles. The minimum absolute atomic E-state index is 0.220. The van der Waals surface area contributed by atoms with Crippen LogP contribution >= 0.6 is 23.1 Å². The number of halogens is 3. The predicted molar refractivity (Wildman–Crippen MR) is 62.4 cm³/mol. The largest absolute Gasteiger partial charge is 0.399 e. The van der Waals surface area contributed by atoms with Crippen LogP contribution in [0.3, 0.4) is 0 Å². The summed E-state index contributed by atoms with van der Waals surface area (Å²) in [5, 5.41) is 5.27. The number of nitrogens with zero attached hydrogens (tertiary/aromatic N) is 2. The van der Waals surface area contributed by atoms with Crippen molar-refractivity contribution in [1.29, 1.82) is 0 Å². The Bertz CT molecular complexity index is 416. The zero-order valence-electron chi connectivity index (χ0n) is 8.82. The topological polar surface area (TPSA) is 34.5 Å². The molecular weight excluding hydrogens is 273 g/mol. The Morgan fingerprint density at radius 3 is 3.00 bits per heavy atom. The summed E-state index contributed by atoms with van der Waals surface area (Å²) < 4.78 is 36.6. The summed E-state index contributed by atoms with van der Waals surface area (Å²) in [4.78, 5) is 8.60. The molecule has 1 heterocycles. The number of oxime groups is 1. The van der Waals surface area contributed by atoms with E-state index in [-0.39, 0.29) is 12.2 Å². The lowest BCUT2D eigenvalue weighted by Crippen LogP contribution is -1.84. The number of rotatable bonds is 6. The lowest BCUT2D eigenvalue weighted by atomic mass is 10.4. The minimum atomic E-state index is -2.25. The van der Waals surface area contributed by atoms with Crippen molar-refractivity contribution in [2.75, 3.05) is 12.9 Å². The summed E-state index contributed by atoms with van der Waals surface area (Å²) >= 11 is 2.56. The van der Waals surface area contributed by atoms with Crippen molar-refractivity contribution in [3.63, 3.8) is 0 Å². The van der Waals surface area contributed by atoms with E-state index >= 15 is 0 Å². The van der Waals surface area contributed by atoms with E-state index in [4.69, 9.17) is 0 Å². The van der Waals surface area contributed by atoms with E-state index in [1.165, 1.54) is 36.4 Å². The molecular formula is C9H9F3N2OS2. The summed E-state index contributed by atoms with van der Waals surface area (Å²) in [6.07, 6.45) is -1.12. The Morgan fingerprint density at radius 2 is 2.35 bits per heavy atom. The molecule has 1 aromatic heterocycles. The number of allylic oxidation sites excluding steroid dienone is 1. The van der Waals surface area contributed by atoms with Gasteiger partial charge in [0.05, 0.1) is 11.9 Å². The predicted octanol–water partition coefficient (Wildman–Crippen LogP) is 3.68. The smallest absolute Gasteiger partial charge is 0.301 e. The summed E-state index contributed by atoms with van der Waals surface area (Å²) in [6, 6.07) is 0. The van der Waals surface area contributed by atoms with Crippen LogP contribution in [0.4, 0.5) is 13.2 Å². The van der Waals surface area contributed by atoms with Gasteiger partial charge in [-0.2, -0.15) is 8.78 Å². The first-order valence-electron chi connectivity index (χ1n) is 4.48. The van der Waals surface area contributed by atoms with Crippen molar-refractivity contribution in [2.24, 2.45) is 5.16 Å². The Morgan fingerprint density at radius 1 is 1.59 bits per heavy atom. The highest BCUT2D eigenvalue weighted by Crippen LogP contribution is 2.25. The molecule has 0 fully saturated rings. The lowest BCUT2D eigenvalue weighted by molar-refractivity contribution is 0.215. The van der Waals surface area contributed by atoms with Crippen LogP contribution in [0.2, 0.25) is 0 Å². The van der Waals surface area contributed by atoms with Gasteiger partial charge in [-0.05, 0) is 0 Å². The zero-order valence-corrected chi connectivity index (χ0v) is 10.5. The summed E-state index contributed by atoms with van der Waals surface area (Å²) in [6.45, 7) is 0. The normalized spacial score (nSPS) is 10.8. The van der Waals surface area contributed by atoms with Crippen molar-refractivity contribution in [2.45, 2.75) is 10.8 Å². The molecule has 0 amide bonds. The second kappa shape index (κ2) is 7.33. The van der Waals surface area contributed by atoms with Crippen LogP contribution < -0.4 is 0 Å². The van der Waals surface area contributed by atoms with E-state index in [1.807, 2.05) is 0 Å². The molecule has 1 aromatic rings. The highest BCUT2D eigenvalue weighted by atomic mass is 32.2. The van der Waals surface area contributed by atoms with Crippen LogP contribution in [-0.4, -0.2) is 24.1 Å². The monoisotopic (exact) mass is 282 g/mol. The molecule has 0 unspecified atom stereocenters. The van der Waals surface area contributed by atoms with Crippen molar-refractivity contribution >= 4 is 29.3 Å². The molecule has 0 aliphatic rings. The van der Waals surface area contributed by atoms with Crippen LogP contribution in [0, 0.1) is 0 Å². The lowest BCUT2D eigenvalue weighted by Gasteiger charge is -1.94. The van der Waals surface area contributed by atoms with E-state index in [0.29, 0.717) is 10.0 Å². The van der Waals surface area contributed by atoms with E-state index in [0.717, 1.165) is 0 Å². The van der Waals surface area contributed by atoms with Gasteiger partial charge in [0.1, 0.15) is 7.11 Å². The van der Waals surface area contributed by atoms with Gasteiger partial charge in [-0.15, -0.1) is 11.3 Å². The van der Waals surface area contributed by atoms with Gasteiger partial charge >= 0.3 is 6.08 Å². The van der Waals surface area contributed by atoms with Gasteiger partial charge in [0.25, 0.3) is 0 Å². The fourth-order valence-corrected chi connectivity index (χ4v) is 2.61. The van der Waals surface area contributed by atoms with Crippen molar-refractivity contribution in [3.8, 4) is 0 Å². The third kappa shape index (κ3) is 5.22. The summed E-state index contributed by atoms with van der Waals surface area (Å²) in [7, 11) is 1.42. The third-order valence-electron chi connectivity index (χ3n) is 1.54. The summed E-state index contributed by atoms with van der Waals surface area (Å²) in [5.74, 6) is -1.15. The maximum Gasteiger partial charge on any atom is 0.301 e. The molecule has 0 spiro atoms. The van der Waals surface area contributed by atoms with E-state index in [1.54, 1.807) is 5.38 Å². The van der Waals surface area contributed by atoms with Crippen LogP contribution in [-0.2, 0) is 4.84 Å².